The normalized spacial score (nSPS) is 10.4. The Kier molecular flexibility index (Phi) is 3.32. The van der Waals surface area contributed by atoms with Crippen LogP contribution >= 0.6 is 11.3 Å². The Morgan fingerprint density at radius 1 is 1.35 bits per heavy atom. The van der Waals surface area contributed by atoms with Crippen LogP contribution in [0.3, 0.4) is 0 Å². The van der Waals surface area contributed by atoms with Crippen LogP contribution < -0.4 is 5.32 Å². The molecule has 3 rings (SSSR count). The lowest BCUT2D eigenvalue weighted by Crippen LogP contribution is -2.00. The molecule has 2 aromatic heterocycles. The third-order valence-electron chi connectivity index (χ3n) is 2.95. The highest BCUT2D eigenvalue weighted by molar-refractivity contribution is 7.11. The molecule has 5 heteroatoms. The molecule has 0 aliphatic carbocycles. The molecule has 0 aliphatic rings. The summed E-state index contributed by atoms with van der Waals surface area (Å²) in [6.45, 7) is 2.65. The quantitative estimate of drug-likeness (QED) is 0.797. The highest BCUT2D eigenvalue weighted by Gasteiger charge is 2.05. The molecule has 2 heterocycles. The summed E-state index contributed by atoms with van der Waals surface area (Å²) in [5.74, 6) is 0.714. The van der Waals surface area contributed by atoms with Crippen LogP contribution in [0.5, 0.6) is 0 Å². The van der Waals surface area contributed by atoms with Crippen molar-refractivity contribution in [3.05, 3.63) is 52.0 Å². The summed E-state index contributed by atoms with van der Waals surface area (Å²) in [5, 5.41) is 14.4. The van der Waals surface area contributed by atoms with Crippen LogP contribution in [0, 0.1) is 18.3 Å². The van der Waals surface area contributed by atoms with Crippen molar-refractivity contribution in [2.75, 3.05) is 5.32 Å². The highest BCUT2D eigenvalue weighted by Crippen LogP contribution is 2.21. The fraction of sp³-hybridized carbons (Fsp3) is 0.133. The number of fused-ring (bicyclic) bond motifs is 1. The molecule has 0 fully saturated rings. The third kappa shape index (κ3) is 2.46. The van der Waals surface area contributed by atoms with Gasteiger partial charge in [0, 0.05) is 16.5 Å². The number of aromatic nitrogens is 2. The van der Waals surface area contributed by atoms with E-state index in [0.717, 1.165) is 20.8 Å². The molecule has 0 amide bonds. The fourth-order valence-corrected chi connectivity index (χ4v) is 2.76. The Labute approximate surface area is 120 Å². The number of aryl methyl sites for hydroxylation is 1. The van der Waals surface area contributed by atoms with Gasteiger partial charge in [-0.3, -0.25) is 0 Å². The standard InChI is InChI=1S/C15H12N4S/c1-10-17-8-12(20-10)9-18-15-6-11(7-16)13-4-2-3-5-14(13)19-15/h2-6,8H,9H2,1H3,(H,18,19). The van der Waals surface area contributed by atoms with Gasteiger partial charge in [-0.1, -0.05) is 18.2 Å². The number of hydrogen-bond acceptors (Lipinski definition) is 5. The zero-order valence-corrected chi connectivity index (χ0v) is 11.7. The Morgan fingerprint density at radius 3 is 2.95 bits per heavy atom. The first-order chi connectivity index (χ1) is 9.76. The van der Waals surface area contributed by atoms with Gasteiger partial charge in [0.1, 0.15) is 5.82 Å². The minimum Gasteiger partial charge on any atom is -0.365 e. The Bertz CT molecular complexity index is 801. The Morgan fingerprint density at radius 2 is 2.20 bits per heavy atom. The second-order valence-corrected chi connectivity index (χ2v) is 5.70. The number of para-hydroxylation sites is 1. The fourth-order valence-electron chi connectivity index (χ4n) is 2.02. The monoisotopic (exact) mass is 280 g/mol. The van der Waals surface area contributed by atoms with Crippen LogP contribution in [0.15, 0.2) is 36.5 Å². The van der Waals surface area contributed by atoms with Crippen LogP contribution in [0.25, 0.3) is 10.9 Å². The number of thiazole rings is 1. The molecule has 3 aromatic rings. The van der Waals surface area contributed by atoms with Crippen LogP contribution in [0.2, 0.25) is 0 Å². The lowest BCUT2D eigenvalue weighted by molar-refractivity contribution is 1.14. The predicted molar refractivity (Wildman–Crippen MR) is 80.6 cm³/mol. The molecule has 4 nitrogen and oxygen atoms in total. The maximum atomic E-state index is 9.24. The third-order valence-corrected chi connectivity index (χ3v) is 3.86. The van der Waals surface area contributed by atoms with Crippen molar-refractivity contribution in [3.8, 4) is 6.07 Å². The van der Waals surface area contributed by atoms with Gasteiger partial charge in [0.05, 0.1) is 28.7 Å². The van der Waals surface area contributed by atoms with Crippen molar-refractivity contribution in [1.29, 1.82) is 5.26 Å². The summed E-state index contributed by atoms with van der Waals surface area (Å²) in [4.78, 5) is 9.90. The summed E-state index contributed by atoms with van der Waals surface area (Å²) in [7, 11) is 0. The van der Waals surface area contributed by atoms with Gasteiger partial charge < -0.3 is 5.32 Å². The van der Waals surface area contributed by atoms with E-state index < -0.39 is 0 Å². The molecule has 1 N–H and O–H groups in total. The minimum absolute atomic E-state index is 0.638. The van der Waals surface area contributed by atoms with Gasteiger partial charge in [0.2, 0.25) is 0 Å². The summed E-state index contributed by atoms with van der Waals surface area (Å²) in [6, 6.07) is 11.7. The van der Waals surface area contributed by atoms with E-state index in [1.807, 2.05) is 37.4 Å². The zero-order chi connectivity index (χ0) is 13.9. The number of pyridine rings is 1. The largest absolute Gasteiger partial charge is 0.365 e. The number of anilines is 1. The van der Waals surface area contributed by atoms with Gasteiger partial charge in [-0.15, -0.1) is 11.3 Å². The van der Waals surface area contributed by atoms with Crippen LogP contribution in [0.4, 0.5) is 5.82 Å². The smallest absolute Gasteiger partial charge is 0.128 e. The van der Waals surface area contributed by atoms with E-state index in [9.17, 15) is 5.26 Å². The Balaban J connectivity index is 1.90. The average molecular weight is 280 g/mol. The molecular formula is C15H12N4S. The van der Waals surface area contributed by atoms with Crippen LogP contribution in [-0.4, -0.2) is 9.97 Å². The van der Waals surface area contributed by atoms with Crippen molar-refractivity contribution in [3.63, 3.8) is 0 Å². The predicted octanol–water partition coefficient (Wildman–Crippen LogP) is 3.48. The molecule has 1 aromatic carbocycles. The number of rotatable bonds is 3. The van der Waals surface area contributed by atoms with Crippen molar-refractivity contribution in [2.45, 2.75) is 13.5 Å². The molecule has 0 saturated carbocycles. The summed E-state index contributed by atoms with van der Waals surface area (Å²) in [6.07, 6.45) is 1.86. The van der Waals surface area contributed by atoms with E-state index in [1.165, 1.54) is 0 Å². The maximum Gasteiger partial charge on any atom is 0.128 e. The molecule has 0 bridgehead atoms. The van der Waals surface area contributed by atoms with Gasteiger partial charge in [0.15, 0.2) is 0 Å². The number of nitriles is 1. The zero-order valence-electron chi connectivity index (χ0n) is 10.9. The molecule has 0 atom stereocenters. The molecular weight excluding hydrogens is 268 g/mol. The summed E-state index contributed by atoms with van der Waals surface area (Å²) in [5.41, 5.74) is 1.47. The van der Waals surface area contributed by atoms with E-state index >= 15 is 0 Å². The number of hydrogen-bond donors (Lipinski definition) is 1. The van der Waals surface area contributed by atoms with Crippen molar-refractivity contribution >= 4 is 28.1 Å². The molecule has 0 saturated heterocycles. The van der Waals surface area contributed by atoms with Crippen molar-refractivity contribution in [1.82, 2.24) is 9.97 Å². The van der Waals surface area contributed by atoms with E-state index in [1.54, 1.807) is 17.4 Å². The minimum atomic E-state index is 0.638. The number of benzene rings is 1. The molecule has 0 aliphatic heterocycles. The molecule has 0 spiro atoms. The number of nitrogens with zero attached hydrogens (tertiary/aromatic N) is 3. The Hall–Kier alpha value is -2.45. The van der Waals surface area contributed by atoms with Crippen LogP contribution in [-0.2, 0) is 6.54 Å². The van der Waals surface area contributed by atoms with Crippen molar-refractivity contribution < 1.29 is 0 Å². The number of nitrogens with one attached hydrogen (secondary N) is 1. The second-order valence-electron chi connectivity index (χ2n) is 4.38. The first-order valence-electron chi connectivity index (χ1n) is 6.21. The second kappa shape index (κ2) is 5.27. The lowest BCUT2D eigenvalue weighted by atomic mass is 10.1. The summed E-state index contributed by atoms with van der Waals surface area (Å²) >= 11 is 1.65. The first kappa shape index (κ1) is 12.6. The van der Waals surface area contributed by atoms with Crippen LogP contribution in [0.1, 0.15) is 15.4 Å². The van der Waals surface area contributed by atoms with Gasteiger partial charge in [-0.25, -0.2) is 9.97 Å². The summed E-state index contributed by atoms with van der Waals surface area (Å²) < 4.78 is 0. The van der Waals surface area contributed by atoms with Gasteiger partial charge in [-0.2, -0.15) is 5.26 Å². The SMILES string of the molecule is Cc1ncc(CNc2cc(C#N)c3ccccc3n2)s1. The highest BCUT2D eigenvalue weighted by atomic mass is 32.1. The maximum absolute atomic E-state index is 9.24. The van der Waals surface area contributed by atoms with E-state index in [2.05, 4.69) is 21.4 Å². The average Bonchev–Trinajstić information content (AvgIpc) is 2.90. The van der Waals surface area contributed by atoms with E-state index in [4.69, 9.17) is 0 Å². The molecule has 0 radical (unpaired) electrons. The van der Waals surface area contributed by atoms with E-state index in [0.29, 0.717) is 17.9 Å². The molecule has 98 valence electrons. The topological polar surface area (TPSA) is 61.6 Å². The lowest BCUT2D eigenvalue weighted by Gasteiger charge is -2.06. The van der Waals surface area contributed by atoms with Crippen molar-refractivity contribution in [2.24, 2.45) is 0 Å². The van der Waals surface area contributed by atoms with Gasteiger partial charge >= 0.3 is 0 Å². The molecule has 20 heavy (non-hydrogen) atoms. The van der Waals surface area contributed by atoms with Gasteiger partial charge in [-0.05, 0) is 19.1 Å². The molecule has 0 unspecified atom stereocenters. The van der Waals surface area contributed by atoms with Gasteiger partial charge in [0.25, 0.3) is 0 Å². The van der Waals surface area contributed by atoms with E-state index in [-0.39, 0.29) is 0 Å². The first-order valence-corrected chi connectivity index (χ1v) is 7.03.